The van der Waals surface area contributed by atoms with E-state index >= 15 is 0 Å². The Labute approximate surface area is 85.4 Å². The van der Waals surface area contributed by atoms with Gasteiger partial charge in [0.15, 0.2) is 10.5 Å². The van der Waals surface area contributed by atoms with Gasteiger partial charge in [0.2, 0.25) is 0 Å². The van der Waals surface area contributed by atoms with E-state index in [0.29, 0.717) is 0 Å². The second-order valence-electron chi connectivity index (χ2n) is 3.52. The van der Waals surface area contributed by atoms with Crippen LogP contribution >= 0.6 is 11.3 Å². The Hall–Kier alpha value is -1.07. The van der Waals surface area contributed by atoms with Gasteiger partial charge in [0.25, 0.3) is 0 Å². The maximum atomic E-state index is 4.45. The Morgan fingerprint density at radius 1 is 1.36 bits per heavy atom. The largest absolute Gasteiger partial charge is 0.316 e. The molecule has 0 radical (unpaired) electrons. The molecule has 3 rings (SSSR count). The van der Waals surface area contributed by atoms with Gasteiger partial charge in [-0.1, -0.05) is 11.3 Å². The van der Waals surface area contributed by atoms with Crippen molar-refractivity contribution in [3.8, 4) is 0 Å². The zero-order chi connectivity index (χ0) is 9.38. The van der Waals surface area contributed by atoms with Gasteiger partial charge < -0.3 is 5.32 Å². The van der Waals surface area contributed by atoms with Crippen molar-refractivity contribution in [1.29, 1.82) is 0 Å². The summed E-state index contributed by atoms with van der Waals surface area (Å²) in [6.45, 7) is 2.24. The Bertz CT molecular complexity index is 416. The van der Waals surface area contributed by atoms with E-state index in [0.717, 1.165) is 40.9 Å². The summed E-state index contributed by atoms with van der Waals surface area (Å²) in [7, 11) is 0. The molecule has 1 N–H and O–H groups in total. The van der Waals surface area contributed by atoms with Crippen molar-refractivity contribution >= 4 is 21.8 Å². The predicted molar refractivity (Wildman–Crippen MR) is 55.3 cm³/mol. The molecule has 1 fully saturated rings. The number of fused-ring (bicyclic) bond motifs is 1. The van der Waals surface area contributed by atoms with Gasteiger partial charge in [0.1, 0.15) is 0 Å². The van der Waals surface area contributed by atoms with Crippen LogP contribution in [0.25, 0.3) is 10.5 Å². The summed E-state index contributed by atoms with van der Waals surface area (Å²) in [6, 6.07) is 0. The van der Waals surface area contributed by atoms with Gasteiger partial charge in [-0.25, -0.2) is 15.0 Å². The topological polar surface area (TPSA) is 50.7 Å². The summed E-state index contributed by atoms with van der Waals surface area (Å²) in [5.74, 6) is 0.760. The van der Waals surface area contributed by atoms with E-state index in [4.69, 9.17) is 0 Å². The first-order valence-corrected chi connectivity index (χ1v) is 5.50. The zero-order valence-electron chi connectivity index (χ0n) is 7.60. The van der Waals surface area contributed by atoms with Crippen molar-refractivity contribution in [2.45, 2.75) is 6.42 Å². The summed E-state index contributed by atoms with van der Waals surface area (Å²) in [4.78, 5) is 13.8. The molecule has 0 aliphatic carbocycles. The lowest BCUT2D eigenvalue weighted by Crippen LogP contribution is -2.43. The lowest BCUT2D eigenvalue weighted by atomic mass is 10.0. The summed E-state index contributed by atoms with van der Waals surface area (Å²) < 4.78 is 0. The fraction of sp³-hybridized carbons (Fsp3) is 0.444. The van der Waals surface area contributed by atoms with E-state index in [9.17, 15) is 0 Å². The van der Waals surface area contributed by atoms with E-state index in [1.54, 1.807) is 23.7 Å². The van der Waals surface area contributed by atoms with Crippen LogP contribution in [0.3, 0.4) is 0 Å². The van der Waals surface area contributed by atoms with Gasteiger partial charge >= 0.3 is 0 Å². The third-order valence-electron chi connectivity index (χ3n) is 2.42. The minimum atomic E-state index is 0.760. The first-order valence-electron chi connectivity index (χ1n) is 4.69. The molecule has 4 nitrogen and oxygen atoms in total. The molecule has 2 aromatic heterocycles. The maximum Gasteiger partial charge on any atom is 0.189 e. The van der Waals surface area contributed by atoms with Crippen molar-refractivity contribution in [2.24, 2.45) is 5.92 Å². The summed E-state index contributed by atoms with van der Waals surface area (Å²) >= 11 is 1.66. The first kappa shape index (κ1) is 8.26. The summed E-state index contributed by atoms with van der Waals surface area (Å²) in [5, 5.41) is 4.43. The highest BCUT2D eigenvalue weighted by atomic mass is 32.1. The average Bonchev–Trinajstić information content (AvgIpc) is 2.53. The van der Waals surface area contributed by atoms with Crippen LogP contribution in [0.1, 0.15) is 5.01 Å². The second-order valence-corrected chi connectivity index (χ2v) is 4.58. The molecule has 1 saturated heterocycles. The average molecular weight is 206 g/mol. The predicted octanol–water partition coefficient (Wildman–Crippen LogP) is 0.848. The van der Waals surface area contributed by atoms with Crippen molar-refractivity contribution in [2.75, 3.05) is 13.1 Å². The number of hydrogen-bond acceptors (Lipinski definition) is 5. The van der Waals surface area contributed by atoms with Crippen LogP contribution < -0.4 is 5.32 Å². The van der Waals surface area contributed by atoms with E-state index in [1.807, 2.05) is 0 Å². The van der Waals surface area contributed by atoms with Crippen LogP contribution in [0.4, 0.5) is 0 Å². The molecular weight excluding hydrogens is 196 g/mol. The Kier molecular flexibility index (Phi) is 1.92. The quantitative estimate of drug-likeness (QED) is 0.791. The molecule has 3 heterocycles. The molecule has 72 valence electrons. The van der Waals surface area contributed by atoms with Gasteiger partial charge in [0, 0.05) is 18.8 Å². The summed E-state index contributed by atoms with van der Waals surface area (Å²) in [5.41, 5.74) is 0.791. The lowest BCUT2D eigenvalue weighted by molar-refractivity contribution is 0.346. The summed E-state index contributed by atoms with van der Waals surface area (Å²) in [6.07, 6.45) is 4.47. The molecule has 0 unspecified atom stereocenters. The third-order valence-corrected chi connectivity index (χ3v) is 3.40. The Morgan fingerprint density at radius 2 is 2.21 bits per heavy atom. The van der Waals surface area contributed by atoms with E-state index in [1.165, 1.54) is 0 Å². The van der Waals surface area contributed by atoms with E-state index in [-0.39, 0.29) is 0 Å². The number of aromatic nitrogens is 3. The van der Waals surface area contributed by atoms with Crippen LogP contribution in [0, 0.1) is 5.92 Å². The molecule has 0 aromatic carbocycles. The minimum Gasteiger partial charge on any atom is -0.316 e. The van der Waals surface area contributed by atoms with Crippen LogP contribution in [0.15, 0.2) is 12.4 Å². The van der Waals surface area contributed by atoms with Crippen molar-refractivity contribution in [3.05, 3.63) is 17.4 Å². The van der Waals surface area contributed by atoms with Crippen LogP contribution in [0.2, 0.25) is 0 Å². The number of nitrogens with one attached hydrogen (secondary N) is 1. The normalized spacial score (nSPS) is 17.1. The number of hydrogen-bond donors (Lipinski definition) is 1. The van der Waals surface area contributed by atoms with Gasteiger partial charge in [-0.3, -0.25) is 0 Å². The monoisotopic (exact) mass is 206 g/mol. The molecule has 1 aliphatic heterocycles. The molecule has 1 aliphatic rings. The van der Waals surface area contributed by atoms with Crippen LogP contribution in [-0.4, -0.2) is 28.0 Å². The lowest BCUT2D eigenvalue weighted by Gasteiger charge is -2.25. The molecule has 0 atom stereocenters. The molecule has 0 spiro atoms. The molecule has 0 saturated carbocycles. The molecule has 14 heavy (non-hydrogen) atoms. The number of rotatable bonds is 2. The molecular formula is C9H10N4S. The molecule has 0 bridgehead atoms. The van der Waals surface area contributed by atoms with Gasteiger partial charge in [-0.2, -0.15) is 0 Å². The van der Waals surface area contributed by atoms with E-state index in [2.05, 4.69) is 20.3 Å². The first-order chi connectivity index (χ1) is 6.92. The Morgan fingerprint density at radius 3 is 2.93 bits per heavy atom. The fourth-order valence-electron chi connectivity index (χ4n) is 1.55. The third kappa shape index (κ3) is 1.38. The molecule has 5 heteroatoms. The second kappa shape index (κ2) is 3.25. The molecule has 2 aromatic rings. The highest BCUT2D eigenvalue weighted by Crippen LogP contribution is 2.21. The number of nitrogens with zero attached hydrogens (tertiary/aromatic N) is 3. The molecule has 0 amide bonds. The Balaban J connectivity index is 1.89. The smallest absolute Gasteiger partial charge is 0.189 e. The highest BCUT2D eigenvalue weighted by molar-refractivity contribution is 7.18. The van der Waals surface area contributed by atoms with Crippen molar-refractivity contribution < 1.29 is 0 Å². The van der Waals surface area contributed by atoms with Gasteiger partial charge in [-0.05, 0) is 19.0 Å². The van der Waals surface area contributed by atoms with Crippen molar-refractivity contribution in [3.63, 3.8) is 0 Å². The van der Waals surface area contributed by atoms with Gasteiger partial charge in [0.05, 0.1) is 5.01 Å². The zero-order valence-corrected chi connectivity index (χ0v) is 8.42. The van der Waals surface area contributed by atoms with Crippen LogP contribution in [-0.2, 0) is 6.42 Å². The number of thiazole rings is 1. The van der Waals surface area contributed by atoms with Crippen molar-refractivity contribution in [1.82, 2.24) is 20.3 Å². The highest BCUT2D eigenvalue weighted by Gasteiger charge is 2.19. The standard InChI is InChI=1S/C9H10N4S/c1-2-12-9-8(11-1)13-7(14-9)3-6-4-10-5-6/h1-2,6,10H,3-5H2. The van der Waals surface area contributed by atoms with Crippen LogP contribution in [0.5, 0.6) is 0 Å². The maximum absolute atomic E-state index is 4.45. The van der Waals surface area contributed by atoms with E-state index < -0.39 is 0 Å². The minimum absolute atomic E-state index is 0.760. The SMILES string of the molecule is c1cnc2sc(CC3CNC3)nc2n1. The van der Waals surface area contributed by atoms with Gasteiger partial charge in [-0.15, -0.1) is 0 Å². The fourth-order valence-corrected chi connectivity index (χ4v) is 2.52.